The van der Waals surface area contributed by atoms with Crippen molar-refractivity contribution in [2.75, 3.05) is 66.1 Å². The Morgan fingerprint density at radius 1 is 0.542 bits per heavy atom. The fourth-order valence-electron chi connectivity index (χ4n) is 1.22. The standard InChI is InChI=1S/C10H22O4.C6H10O4/c1-3-11-5-7-13-9-10-14-8-6-12-4-2;1-5(7)9-3-4-10-6(2)8/h3-10H2,1-2H3;3-4H2,1-2H3. The summed E-state index contributed by atoms with van der Waals surface area (Å²) in [7, 11) is 0. The van der Waals surface area contributed by atoms with Crippen molar-refractivity contribution in [3.05, 3.63) is 0 Å². The fourth-order valence-corrected chi connectivity index (χ4v) is 1.22. The van der Waals surface area contributed by atoms with Crippen molar-refractivity contribution in [3.63, 3.8) is 0 Å². The summed E-state index contributed by atoms with van der Waals surface area (Å²) in [5.74, 6) is -0.737. The molecule has 24 heavy (non-hydrogen) atoms. The zero-order valence-electron chi connectivity index (χ0n) is 15.3. The molecule has 0 aromatic heterocycles. The Bertz CT molecular complexity index is 255. The Morgan fingerprint density at radius 3 is 1.08 bits per heavy atom. The van der Waals surface area contributed by atoms with Gasteiger partial charge in [0.2, 0.25) is 0 Å². The second-order valence-electron chi connectivity index (χ2n) is 4.30. The van der Waals surface area contributed by atoms with Crippen LogP contribution in [0.5, 0.6) is 0 Å². The Hall–Kier alpha value is -1.22. The van der Waals surface area contributed by atoms with Crippen LogP contribution < -0.4 is 0 Å². The van der Waals surface area contributed by atoms with Crippen molar-refractivity contribution in [2.45, 2.75) is 27.7 Å². The van der Waals surface area contributed by atoms with E-state index in [1.807, 2.05) is 13.8 Å². The number of rotatable bonds is 14. The van der Waals surface area contributed by atoms with Gasteiger partial charge in [-0.25, -0.2) is 0 Å². The maximum absolute atomic E-state index is 10.1. The zero-order chi connectivity index (χ0) is 18.5. The maximum atomic E-state index is 10.1. The van der Waals surface area contributed by atoms with Gasteiger partial charge in [-0.3, -0.25) is 9.59 Å². The van der Waals surface area contributed by atoms with E-state index in [0.29, 0.717) is 39.6 Å². The van der Waals surface area contributed by atoms with E-state index in [-0.39, 0.29) is 25.2 Å². The van der Waals surface area contributed by atoms with Crippen LogP contribution in [0.2, 0.25) is 0 Å². The lowest BCUT2D eigenvalue weighted by Gasteiger charge is -2.05. The molecule has 0 saturated carbocycles. The summed E-state index contributed by atoms with van der Waals surface area (Å²) < 4.78 is 29.7. The average molecular weight is 352 g/mol. The molecule has 0 atom stereocenters. The summed E-state index contributed by atoms with van der Waals surface area (Å²) in [4.78, 5) is 20.3. The van der Waals surface area contributed by atoms with E-state index in [4.69, 9.17) is 18.9 Å². The van der Waals surface area contributed by atoms with Gasteiger partial charge in [0.15, 0.2) is 0 Å². The highest BCUT2D eigenvalue weighted by Crippen LogP contribution is 1.82. The molecule has 0 rings (SSSR count). The molecule has 0 aliphatic carbocycles. The molecular formula is C16H32O8. The third-order valence-electron chi connectivity index (χ3n) is 2.22. The zero-order valence-corrected chi connectivity index (χ0v) is 15.3. The summed E-state index contributed by atoms with van der Waals surface area (Å²) in [5.41, 5.74) is 0. The molecule has 0 aliphatic heterocycles. The van der Waals surface area contributed by atoms with Gasteiger partial charge >= 0.3 is 11.9 Å². The van der Waals surface area contributed by atoms with E-state index in [9.17, 15) is 9.59 Å². The molecule has 0 unspecified atom stereocenters. The highest BCUT2D eigenvalue weighted by Gasteiger charge is 1.94. The smallest absolute Gasteiger partial charge is 0.302 e. The van der Waals surface area contributed by atoms with E-state index in [0.717, 1.165) is 13.2 Å². The van der Waals surface area contributed by atoms with E-state index in [2.05, 4.69) is 9.47 Å². The molecule has 8 nitrogen and oxygen atoms in total. The van der Waals surface area contributed by atoms with Gasteiger partial charge in [-0.15, -0.1) is 0 Å². The molecule has 0 saturated heterocycles. The van der Waals surface area contributed by atoms with Gasteiger partial charge in [0.25, 0.3) is 0 Å². The lowest BCUT2D eigenvalue weighted by molar-refractivity contribution is -0.149. The maximum Gasteiger partial charge on any atom is 0.302 e. The number of ether oxygens (including phenoxy) is 6. The minimum atomic E-state index is -0.368. The van der Waals surface area contributed by atoms with Crippen LogP contribution in [0.1, 0.15) is 27.7 Å². The van der Waals surface area contributed by atoms with Gasteiger partial charge in [0, 0.05) is 27.1 Å². The van der Waals surface area contributed by atoms with Crippen LogP contribution in [0.15, 0.2) is 0 Å². The normalized spacial score (nSPS) is 9.83. The molecule has 0 aromatic rings. The van der Waals surface area contributed by atoms with Crippen LogP contribution in [0.4, 0.5) is 0 Å². The van der Waals surface area contributed by atoms with Crippen LogP contribution in [-0.4, -0.2) is 78.0 Å². The first kappa shape index (κ1) is 25.0. The topological polar surface area (TPSA) is 89.5 Å². The molecule has 0 spiro atoms. The molecule has 144 valence electrons. The molecule has 0 bridgehead atoms. The largest absolute Gasteiger partial charge is 0.462 e. The monoisotopic (exact) mass is 352 g/mol. The Labute approximate surface area is 144 Å². The van der Waals surface area contributed by atoms with Gasteiger partial charge < -0.3 is 28.4 Å². The molecule has 0 fully saturated rings. The third-order valence-corrected chi connectivity index (χ3v) is 2.22. The predicted molar refractivity (Wildman–Crippen MR) is 87.9 cm³/mol. The molecule has 0 amide bonds. The van der Waals surface area contributed by atoms with E-state index in [1.54, 1.807) is 0 Å². The highest BCUT2D eigenvalue weighted by molar-refractivity contribution is 5.66. The number of hydrogen-bond acceptors (Lipinski definition) is 8. The Kier molecular flexibility index (Phi) is 22.7. The number of hydrogen-bond donors (Lipinski definition) is 0. The number of carbonyl (C=O) groups is 2. The molecular weight excluding hydrogens is 320 g/mol. The van der Waals surface area contributed by atoms with Gasteiger partial charge in [0.1, 0.15) is 13.2 Å². The minimum absolute atomic E-state index is 0.134. The van der Waals surface area contributed by atoms with Crippen LogP contribution in [0.3, 0.4) is 0 Å². The van der Waals surface area contributed by atoms with Crippen LogP contribution >= 0.6 is 0 Å². The van der Waals surface area contributed by atoms with Crippen molar-refractivity contribution in [3.8, 4) is 0 Å². The van der Waals surface area contributed by atoms with E-state index in [1.165, 1.54) is 13.8 Å². The first-order chi connectivity index (χ1) is 11.5. The quantitative estimate of drug-likeness (QED) is 0.340. The molecule has 0 aliphatic rings. The predicted octanol–water partition coefficient (Wildman–Crippen LogP) is 1.21. The number of esters is 2. The molecule has 0 N–H and O–H groups in total. The lowest BCUT2D eigenvalue weighted by atomic mass is 10.7. The highest BCUT2D eigenvalue weighted by atomic mass is 16.6. The third kappa shape index (κ3) is 28.9. The van der Waals surface area contributed by atoms with Crippen molar-refractivity contribution in [1.29, 1.82) is 0 Å². The first-order valence-electron chi connectivity index (χ1n) is 8.12. The Balaban J connectivity index is 0. The van der Waals surface area contributed by atoms with Crippen molar-refractivity contribution < 1.29 is 38.0 Å². The second-order valence-corrected chi connectivity index (χ2v) is 4.30. The Morgan fingerprint density at radius 2 is 0.833 bits per heavy atom. The van der Waals surface area contributed by atoms with Crippen molar-refractivity contribution in [1.82, 2.24) is 0 Å². The van der Waals surface area contributed by atoms with Crippen LogP contribution in [-0.2, 0) is 38.0 Å². The molecule has 0 heterocycles. The average Bonchev–Trinajstić information content (AvgIpc) is 2.54. The van der Waals surface area contributed by atoms with Crippen molar-refractivity contribution in [2.24, 2.45) is 0 Å². The van der Waals surface area contributed by atoms with Crippen LogP contribution in [0, 0.1) is 0 Å². The molecule has 8 heteroatoms. The van der Waals surface area contributed by atoms with Gasteiger partial charge in [0.05, 0.1) is 39.6 Å². The minimum Gasteiger partial charge on any atom is -0.462 e. The second kappa shape index (κ2) is 21.8. The first-order valence-corrected chi connectivity index (χ1v) is 8.12. The summed E-state index contributed by atoms with van der Waals surface area (Å²) in [6.07, 6.45) is 0. The summed E-state index contributed by atoms with van der Waals surface area (Å²) in [6.45, 7) is 12.1. The molecule has 0 radical (unpaired) electrons. The van der Waals surface area contributed by atoms with Crippen molar-refractivity contribution >= 4 is 11.9 Å². The van der Waals surface area contributed by atoms with Gasteiger partial charge in [-0.1, -0.05) is 0 Å². The number of carbonyl (C=O) groups excluding carboxylic acids is 2. The van der Waals surface area contributed by atoms with Gasteiger partial charge in [-0.05, 0) is 13.8 Å². The van der Waals surface area contributed by atoms with Crippen LogP contribution in [0.25, 0.3) is 0 Å². The van der Waals surface area contributed by atoms with Gasteiger partial charge in [-0.2, -0.15) is 0 Å². The fraction of sp³-hybridized carbons (Fsp3) is 0.875. The van der Waals surface area contributed by atoms with E-state index < -0.39 is 0 Å². The summed E-state index contributed by atoms with van der Waals surface area (Å²) in [6, 6.07) is 0. The SMILES string of the molecule is CC(=O)OCCOC(C)=O.CCOCCOCCOCCOCC. The summed E-state index contributed by atoms with van der Waals surface area (Å²) >= 11 is 0. The lowest BCUT2D eigenvalue weighted by Crippen LogP contribution is -2.11. The summed E-state index contributed by atoms with van der Waals surface area (Å²) in [5, 5.41) is 0. The molecule has 0 aromatic carbocycles. The van der Waals surface area contributed by atoms with E-state index >= 15 is 0 Å².